The van der Waals surface area contributed by atoms with E-state index in [2.05, 4.69) is 34.0 Å². The summed E-state index contributed by atoms with van der Waals surface area (Å²) in [5, 5.41) is 3.55. The summed E-state index contributed by atoms with van der Waals surface area (Å²) in [4.78, 5) is 11.0. The summed E-state index contributed by atoms with van der Waals surface area (Å²) < 4.78 is 5.69. The standard InChI is InChI=1S/C16H28N4O/c1-12(2)17-10-14-7-5-6-8-20(14)15-9-16(19-11-18-15)21-13(3)4/h9,11-14,17H,5-8,10H2,1-4H3. The first-order chi connectivity index (χ1) is 10.1. The Bertz CT molecular complexity index is 436. The van der Waals surface area contributed by atoms with Gasteiger partial charge in [-0.15, -0.1) is 0 Å². The highest BCUT2D eigenvalue weighted by Crippen LogP contribution is 2.25. The maximum absolute atomic E-state index is 5.69. The number of hydrogen-bond donors (Lipinski definition) is 1. The lowest BCUT2D eigenvalue weighted by Gasteiger charge is -2.37. The molecule has 0 bridgehead atoms. The van der Waals surface area contributed by atoms with Gasteiger partial charge in [0.25, 0.3) is 0 Å². The van der Waals surface area contributed by atoms with E-state index in [0.717, 1.165) is 18.9 Å². The number of piperidine rings is 1. The Hall–Kier alpha value is -1.36. The third-order valence-corrected chi connectivity index (χ3v) is 3.67. The van der Waals surface area contributed by atoms with Crippen molar-refractivity contribution in [2.24, 2.45) is 0 Å². The van der Waals surface area contributed by atoms with Crippen molar-refractivity contribution in [3.05, 3.63) is 12.4 Å². The highest BCUT2D eigenvalue weighted by Gasteiger charge is 2.24. The summed E-state index contributed by atoms with van der Waals surface area (Å²) in [7, 11) is 0. The van der Waals surface area contributed by atoms with E-state index in [-0.39, 0.29) is 6.10 Å². The molecule has 2 heterocycles. The minimum atomic E-state index is 0.132. The normalized spacial score (nSPS) is 19.3. The number of hydrogen-bond acceptors (Lipinski definition) is 5. The van der Waals surface area contributed by atoms with Gasteiger partial charge in [-0.25, -0.2) is 9.97 Å². The van der Waals surface area contributed by atoms with Gasteiger partial charge in [-0.3, -0.25) is 0 Å². The third-order valence-electron chi connectivity index (χ3n) is 3.67. The molecule has 1 aliphatic rings. The van der Waals surface area contributed by atoms with Crippen molar-refractivity contribution in [1.29, 1.82) is 0 Å². The van der Waals surface area contributed by atoms with Crippen LogP contribution in [0.3, 0.4) is 0 Å². The number of aromatic nitrogens is 2. The summed E-state index contributed by atoms with van der Waals surface area (Å²) in [5.74, 6) is 1.65. The van der Waals surface area contributed by atoms with Crippen molar-refractivity contribution in [2.45, 2.75) is 65.1 Å². The van der Waals surface area contributed by atoms with Crippen LogP contribution in [-0.4, -0.2) is 41.2 Å². The van der Waals surface area contributed by atoms with Crippen molar-refractivity contribution in [2.75, 3.05) is 18.0 Å². The molecular weight excluding hydrogens is 264 g/mol. The van der Waals surface area contributed by atoms with E-state index in [1.165, 1.54) is 19.3 Å². The average Bonchev–Trinajstić information content (AvgIpc) is 2.45. The zero-order valence-electron chi connectivity index (χ0n) is 13.7. The highest BCUT2D eigenvalue weighted by atomic mass is 16.5. The molecule has 0 spiro atoms. The van der Waals surface area contributed by atoms with E-state index in [1.54, 1.807) is 6.33 Å². The molecule has 1 atom stereocenters. The van der Waals surface area contributed by atoms with E-state index < -0.39 is 0 Å². The molecule has 1 unspecified atom stereocenters. The first-order valence-corrected chi connectivity index (χ1v) is 8.05. The van der Waals surface area contributed by atoms with Gasteiger partial charge in [0.1, 0.15) is 12.1 Å². The molecule has 0 saturated carbocycles. The van der Waals surface area contributed by atoms with Crippen molar-refractivity contribution >= 4 is 5.82 Å². The number of ether oxygens (including phenoxy) is 1. The van der Waals surface area contributed by atoms with E-state index in [9.17, 15) is 0 Å². The predicted molar refractivity (Wildman–Crippen MR) is 85.9 cm³/mol. The second kappa shape index (κ2) is 7.59. The molecule has 1 saturated heterocycles. The molecule has 1 aromatic heterocycles. The molecule has 0 aliphatic carbocycles. The fourth-order valence-corrected chi connectivity index (χ4v) is 2.68. The fourth-order valence-electron chi connectivity index (χ4n) is 2.68. The van der Waals surface area contributed by atoms with E-state index in [4.69, 9.17) is 4.74 Å². The van der Waals surface area contributed by atoms with Crippen molar-refractivity contribution < 1.29 is 4.74 Å². The molecule has 118 valence electrons. The van der Waals surface area contributed by atoms with Crippen LogP contribution < -0.4 is 15.0 Å². The summed E-state index contributed by atoms with van der Waals surface area (Å²) >= 11 is 0. The first kappa shape index (κ1) is 16.0. The number of nitrogens with zero attached hydrogens (tertiary/aromatic N) is 3. The largest absolute Gasteiger partial charge is 0.475 e. The molecular formula is C16H28N4O. The van der Waals surface area contributed by atoms with Crippen LogP contribution in [-0.2, 0) is 0 Å². The maximum Gasteiger partial charge on any atom is 0.218 e. The summed E-state index contributed by atoms with van der Waals surface area (Å²) in [6.45, 7) is 10.5. The zero-order chi connectivity index (χ0) is 15.2. The van der Waals surface area contributed by atoms with Gasteiger partial charge in [0.2, 0.25) is 5.88 Å². The SMILES string of the molecule is CC(C)NCC1CCCCN1c1cc(OC(C)C)ncn1. The molecule has 1 fully saturated rings. The minimum Gasteiger partial charge on any atom is -0.475 e. The van der Waals surface area contributed by atoms with Gasteiger partial charge < -0.3 is 15.0 Å². The second-order valence-electron chi connectivity index (χ2n) is 6.29. The van der Waals surface area contributed by atoms with Gasteiger partial charge in [-0.1, -0.05) is 13.8 Å². The Labute approximate surface area is 128 Å². The van der Waals surface area contributed by atoms with Crippen LogP contribution in [0.4, 0.5) is 5.82 Å². The topological polar surface area (TPSA) is 50.3 Å². The van der Waals surface area contributed by atoms with Crippen LogP contribution in [0.1, 0.15) is 47.0 Å². The van der Waals surface area contributed by atoms with E-state index >= 15 is 0 Å². The number of nitrogens with one attached hydrogen (secondary N) is 1. The van der Waals surface area contributed by atoms with Crippen LogP contribution in [0.2, 0.25) is 0 Å². The van der Waals surface area contributed by atoms with E-state index in [0.29, 0.717) is 18.0 Å². The Morgan fingerprint density at radius 1 is 1.29 bits per heavy atom. The van der Waals surface area contributed by atoms with Gasteiger partial charge in [-0.2, -0.15) is 0 Å². The van der Waals surface area contributed by atoms with Crippen LogP contribution >= 0.6 is 0 Å². The first-order valence-electron chi connectivity index (χ1n) is 8.05. The zero-order valence-corrected chi connectivity index (χ0v) is 13.7. The molecule has 2 rings (SSSR count). The van der Waals surface area contributed by atoms with Crippen molar-refractivity contribution in [3.8, 4) is 5.88 Å². The predicted octanol–water partition coefficient (Wildman–Crippen LogP) is 2.62. The number of anilines is 1. The van der Waals surface area contributed by atoms with E-state index in [1.807, 2.05) is 19.9 Å². The lowest BCUT2D eigenvalue weighted by atomic mass is 10.0. The smallest absolute Gasteiger partial charge is 0.218 e. The molecule has 5 nitrogen and oxygen atoms in total. The fraction of sp³-hybridized carbons (Fsp3) is 0.750. The quantitative estimate of drug-likeness (QED) is 0.873. The Morgan fingerprint density at radius 2 is 2.10 bits per heavy atom. The van der Waals surface area contributed by atoms with Crippen LogP contribution in [0.15, 0.2) is 12.4 Å². The van der Waals surface area contributed by atoms with Gasteiger partial charge in [0.05, 0.1) is 6.10 Å². The highest BCUT2D eigenvalue weighted by molar-refractivity contribution is 5.42. The molecule has 1 N–H and O–H groups in total. The van der Waals surface area contributed by atoms with Gasteiger partial charge >= 0.3 is 0 Å². The average molecular weight is 292 g/mol. The Kier molecular flexibility index (Phi) is 5.79. The van der Waals surface area contributed by atoms with Crippen LogP contribution in [0.25, 0.3) is 0 Å². The summed E-state index contributed by atoms with van der Waals surface area (Å²) in [6.07, 6.45) is 5.47. The van der Waals surface area contributed by atoms with Crippen LogP contribution in [0, 0.1) is 0 Å². The molecule has 0 radical (unpaired) electrons. The Balaban J connectivity index is 2.09. The van der Waals surface area contributed by atoms with Crippen molar-refractivity contribution in [3.63, 3.8) is 0 Å². The van der Waals surface area contributed by atoms with Gasteiger partial charge in [0.15, 0.2) is 0 Å². The molecule has 0 aromatic carbocycles. The van der Waals surface area contributed by atoms with Gasteiger partial charge in [-0.05, 0) is 33.1 Å². The second-order valence-corrected chi connectivity index (χ2v) is 6.29. The molecule has 21 heavy (non-hydrogen) atoms. The maximum atomic E-state index is 5.69. The molecule has 1 aromatic rings. The molecule has 5 heteroatoms. The summed E-state index contributed by atoms with van der Waals surface area (Å²) in [5.41, 5.74) is 0. The monoisotopic (exact) mass is 292 g/mol. The molecule has 1 aliphatic heterocycles. The third kappa shape index (κ3) is 4.84. The van der Waals surface area contributed by atoms with Gasteiger partial charge in [0, 0.05) is 31.2 Å². The lowest BCUT2D eigenvalue weighted by Crippen LogP contribution is -2.47. The molecule has 0 amide bonds. The van der Waals surface area contributed by atoms with Crippen molar-refractivity contribution in [1.82, 2.24) is 15.3 Å². The number of rotatable bonds is 6. The minimum absolute atomic E-state index is 0.132. The Morgan fingerprint density at radius 3 is 2.81 bits per heavy atom. The lowest BCUT2D eigenvalue weighted by molar-refractivity contribution is 0.232. The summed E-state index contributed by atoms with van der Waals surface area (Å²) in [6, 6.07) is 2.98. The van der Waals surface area contributed by atoms with Crippen LogP contribution in [0.5, 0.6) is 5.88 Å².